The van der Waals surface area contributed by atoms with Crippen molar-refractivity contribution in [3.63, 3.8) is 0 Å². The van der Waals surface area contributed by atoms with E-state index in [2.05, 4.69) is 30.2 Å². The number of nitrogens with one attached hydrogen (secondary N) is 1. The van der Waals surface area contributed by atoms with Gasteiger partial charge in [0.25, 0.3) is 0 Å². The first-order chi connectivity index (χ1) is 4.35. The first-order valence-corrected chi connectivity index (χ1v) is 2.66. The Morgan fingerprint density at radius 1 is 1.56 bits per heavy atom. The molecule has 0 fully saturated rings. The maximum atomic E-state index is 3.62. The first-order valence-electron chi connectivity index (χ1n) is 2.66. The second-order valence-corrected chi connectivity index (χ2v) is 1.08. The zero-order chi connectivity index (χ0) is 7.70. The van der Waals surface area contributed by atoms with Crippen LogP contribution in [0.15, 0.2) is 30.0 Å². The van der Waals surface area contributed by atoms with Crippen LogP contribution in [0.2, 0.25) is 0 Å². The number of aliphatic imine (C=N–C) groups is 1. The van der Waals surface area contributed by atoms with Gasteiger partial charge >= 0.3 is 0 Å². The molecule has 0 bridgehead atoms. The lowest BCUT2D eigenvalue weighted by molar-refractivity contribution is 0.965. The highest BCUT2D eigenvalue weighted by Gasteiger charge is 1.75. The van der Waals surface area contributed by atoms with Crippen LogP contribution in [0.4, 0.5) is 0 Å². The molecule has 0 atom stereocenters. The summed E-state index contributed by atoms with van der Waals surface area (Å²) in [5.74, 6) is 0.819. The minimum absolute atomic E-state index is 0.819. The summed E-state index contributed by atoms with van der Waals surface area (Å²) >= 11 is 0. The summed E-state index contributed by atoms with van der Waals surface area (Å²) in [6.45, 7) is 11.2. The highest BCUT2D eigenvalue weighted by molar-refractivity contribution is 5.27. The Kier molecular flexibility index (Phi) is 12.1. The molecule has 0 aliphatic rings. The fraction of sp³-hybridized carbons (Fsp3) is 0.286. The minimum Gasteiger partial charge on any atom is -0.373 e. The Balaban J connectivity index is 0. The summed E-state index contributed by atoms with van der Waals surface area (Å²) < 4.78 is 0. The highest BCUT2D eigenvalue weighted by Crippen LogP contribution is 1.83. The number of hydrogen-bond donors (Lipinski definition) is 1. The molecular formula is C7H14N2. The van der Waals surface area contributed by atoms with Gasteiger partial charge in [-0.1, -0.05) is 0 Å². The van der Waals surface area contributed by atoms with Gasteiger partial charge in [-0.2, -0.15) is 0 Å². The Morgan fingerprint density at radius 3 is 2.00 bits per heavy atom. The summed E-state index contributed by atoms with van der Waals surface area (Å²) in [5, 5.41) is 2.83. The molecule has 2 heteroatoms. The van der Waals surface area contributed by atoms with Crippen LogP contribution in [0.1, 0.15) is 6.92 Å². The second kappa shape index (κ2) is 10.0. The number of allylic oxidation sites excluding steroid dienone is 1. The molecule has 52 valence electrons. The molecule has 0 rings (SSSR count). The van der Waals surface area contributed by atoms with Gasteiger partial charge in [-0.15, -0.1) is 13.2 Å². The highest BCUT2D eigenvalue weighted by atomic mass is 15.0. The van der Waals surface area contributed by atoms with Gasteiger partial charge in [0.2, 0.25) is 0 Å². The topological polar surface area (TPSA) is 24.4 Å². The molecule has 0 amide bonds. The lowest BCUT2D eigenvalue weighted by Crippen LogP contribution is -2.01. The zero-order valence-corrected chi connectivity index (χ0v) is 6.15. The Morgan fingerprint density at radius 2 is 2.00 bits per heavy atom. The molecule has 0 aromatic carbocycles. The summed E-state index contributed by atoms with van der Waals surface area (Å²) in [6, 6.07) is 0. The van der Waals surface area contributed by atoms with E-state index >= 15 is 0 Å². The number of rotatable bonds is 2. The van der Waals surface area contributed by atoms with Gasteiger partial charge in [0, 0.05) is 7.05 Å². The molecule has 0 unspecified atom stereocenters. The van der Waals surface area contributed by atoms with Gasteiger partial charge in [0.15, 0.2) is 0 Å². The van der Waals surface area contributed by atoms with Crippen LogP contribution in [0.5, 0.6) is 0 Å². The van der Waals surface area contributed by atoms with E-state index in [1.54, 1.807) is 0 Å². The van der Waals surface area contributed by atoms with Crippen LogP contribution in [0.25, 0.3) is 0 Å². The fourth-order valence-electron chi connectivity index (χ4n) is 0.315. The van der Waals surface area contributed by atoms with Crippen molar-refractivity contribution in [2.75, 3.05) is 7.05 Å². The summed E-state index contributed by atoms with van der Waals surface area (Å²) in [6.07, 6.45) is 1.85. The zero-order valence-electron chi connectivity index (χ0n) is 6.15. The molecular weight excluding hydrogens is 112 g/mol. The fourth-order valence-corrected chi connectivity index (χ4v) is 0.315. The molecule has 0 radical (unpaired) electrons. The smallest absolute Gasteiger partial charge is 0.120 e. The molecule has 0 aliphatic carbocycles. The Bertz CT molecular complexity index is 95.1. The third-order valence-electron chi connectivity index (χ3n) is 0.700. The Hall–Kier alpha value is -1.05. The van der Waals surface area contributed by atoms with Crippen molar-refractivity contribution < 1.29 is 0 Å². The molecule has 0 aromatic rings. The molecule has 0 spiro atoms. The summed E-state index contributed by atoms with van der Waals surface area (Å²) in [5.41, 5.74) is 0. The molecule has 9 heavy (non-hydrogen) atoms. The van der Waals surface area contributed by atoms with Crippen molar-refractivity contribution in [1.82, 2.24) is 5.32 Å². The molecule has 0 heterocycles. The summed E-state index contributed by atoms with van der Waals surface area (Å²) in [4.78, 5) is 3.62. The standard InChI is InChI=1S/C5H10N2.C2H4/c1-4-5(6-2)7-3;1-2/h4,7H,2H2,1,3H3;1-2H2/b5-4+;. The summed E-state index contributed by atoms with van der Waals surface area (Å²) in [7, 11) is 1.81. The Labute approximate surface area is 57.0 Å². The third-order valence-corrected chi connectivity index (χ3v) is 0.700. The molecule has 0 saturated heterocycles. The van der Waals surface area contributed by atoms with Gasteiger partial charge in [-0.3, -0.25) is 0 Å². The van der Waals surface area contributed by atoms with Crippen molar-refractivity contribution in [3.8, 4) is 0 Å². The molecule has 0 saturated carbocycles. The third kappa shape index (κ3) is 6.95. The first kappa shape index (κ1) is 10.8. The van der Waals surface area contributed by atoms with Crippen LogP contribution in [0.3, 0.4) is 0 Å². The quantitative estimate of drug-likeness (QED) is 0.441. The van der Waals surface area contributed by atoms with E-state index in [0.717, 1.165) is 5.82 Å². The van der Waals surface area contributed by atoms with Crippen LogP contribution in [-0.2, 0) is 0 Å². The van der Waals surface area contributed by atoms with Crippen molar-refractivity contribution in [2.24, 2.45) is 4.99 Å². The van der Waals surface area contributed by atoms with E-state index in [1.165, 1.54) is 0 Å². The van der Waals surface area contributed by atoms with E-state index in [4.69, 9.17) is 0 Å². The average molecular weight is 126 g/mol. The predicted molar refractivity (Wildman–Crippen MR) is 43.6 cm³/mol. The van der Waals surface area contributed by atoms with Crippen LogP contribution < -0.4 is 5.32 Å². The number of hydrogen-bond acceptors (Lipinski definition) is 2. The van der Waals surface area contributed by atoms with Gasteiger partial charge in [-0.05, 0) is 19.7 Å². The van der Waals surface area contributed by atoms with Crippen molar-refractivity contribution >= 4 is 6.72 Å². The van der Waals surface area contributed by atoms with Gasteiger partial charge < -0.3 is 5.32 Å². The average Bonchev–Trinajstić information content (AvgIpc) is 1.96. The van der Waals surface area contributed by atoms with Crippen LogP contribution in [0, 0.1) is 0 Å². The van der Waals surface area contributed by atoms with Gasteiger partial charge in [0.1, 0.15) is 5.82 Å². The van der Waals surface area contributed by atoms with Gasteiger partial charge in [-0.25, -0.2) is 4.99 Å². The monoisotopic (exact) mass is 126 g/mol. The largest absolute Gasteiger partial charge is 0.373 e. The van der Waals surface area contributed by atoms with E-state index in [-0.39, 0.29) is 0 Å². The molecule has 1 N–H and O–H groups in total. The molecule has 0 aromatic heterocycles. The van der Waals surface area contributed by atoms with Crippen molar-refractivity contribution in [3.05, 3.63) is 25.1 Å². The second-order valence-electron chi connectivity index (χ2n) is 1.08. The maximum Gasteiger partial charge on any atom is 0.120 e. The molecule has 0 aliphatic heterocycles. The lowest BCUT2D eigenvalue weighted by atomic mass is 10.6. The predicted octanol–water partition coefficient (Wildman–Crippen LogP) is 1.57. The maximum absolute atomic E-state index is 3.62. The lowest BCUT2D eigenvalue weighted by Gasteiger charge is -1.92. The van der Waals surface area contributed by atoms with E-state index in [0.29, 0.717) is 0 Å². The van der Waals surface area contributed by atoms with Crippen LogP contribution >= 0.6 is 0 Å². The van der Waals surface area contributed by atoms with E-state index in [1.807, 2.05) is 20.0 Å². The normalized spacial score (nSPS) is 8.89. The van der Waals surface area contributed by atoms with E-state index in [9.17, 15) is 0 Å². The number of nitrogens with zero attached hydrogens (tertiary/aromatic N) is 1. The van der Waals surface area contributed by atoms with Crippen LogP contribution in [-0.4, -0.2) is 13.8 Å². The molecule has 2 nitrogen and oxygen atoms in total. The van der Waals surface area contributed by atoms with Crippen molar-refractivity contribution in [2.45, 2.75) is 6.92 Å². The van der Waals surface area contributed by atoms with Crippen molar-refractivity contribution in [1.29, 1.82) is 0 Å². The minimum atomic E-state index is 0.819. The SMILES string of the molecule is C=C.C=N/C(=C\C)NC. The van der Waals surface area contributed by atoms with Gasteiger partial charge in [0.05, 0.1) is 0 Å². The van der Waals surface area contributed by atoms with E-state index < -0.39 is 0 Å².